The van der Waals surface area contributed by atoms with Gasteiger partial charge in [0.2, 0.25) is 0 Å². The molecule has 140 valence electrons. The van der Waals surface area contributed by atoms with Gasteiger partial charge >= 0.3 is 12.0 Å². The van der Waals surface area contributed by atoms with E-state index in [1.165, 1.54) is 11.3 Å². The Labute approximate surface area is 158 Å². The highest BCUT2D eigenvalue weighted by atomic mass is 32.1. The quantitative estimate of drug-likeness (QED) is 0.688. The van der Waals surface area contributed by atoms with Gasteiger partial charge in [-0.3, -0.25) is 0 Å². The lowest BCUT2D eigenvalue weighted by Crippen LogP contribution is -2.21. The SMILES string of the molecule is Cc1ccc(NC(=O)Nc2cc(C(C)(C)C)sc2C(=O)OC(C)C)cc1. The fraction of sp³-hybridized carbons (Fsp3) is 0.400. The van der Waals surface area contributed by atoms with Crippen molar-refractivity contribution in [1.29, 1.82) is 0 Å². The zero-order chi connectivity index (χ0) is 19.5. The molecule has 0 fully saturated rings. The summed E-state index contributed by atoms with van der Waals surface area (Å²) in [6.45, 7) is 11.8. The number of hydrogen-bond donors (Lipinski definition) is 2. The largest absolute Gasteiger partial charge is 0.459 e. The van der Waals surface area contributed by atoms with Gasteiger partial charge in [-0.25, -0.2) is 9.59 Å². The number of nitrogens with one attached hydrogen (secondary N) is 2. The van der Waals surface area contributed by atoms with Crippen molar-refractivity contribution in [1.82, 2.24) is 0 Å². The molecule has 0 bridgehead atoms. The molecule has 1 heterocycles. The first-order valence-electron chi connectivity index (χ1n) is 8.56. The minimum Gasteiger partial charge on any atom is -0.459 e. The summed E-state index contributed by atoms with van der Waals surface area (Å²) in [5.41, 5.74) is 2.13. The van der Waals surface area contributed by atoms with E-state index in [9.17, 15) is 9.59 Å². The molecule has 2 N–H and O–H groups in total. The number of amides is 2. The van der Waals surface area contributed by atoms with Gasteiger partial charge in [0, 0.05) is 10.6 Å². The standard InChI is InChI=1S/C20H26N2O3S/c1-12(2)25-18(23)17-15(11-16(26-17)20(4,5)6)22-19(24)21-14-9-7-13(3)8-10-14/h7-12H,1-6H3,(H2,21,22,24). The van der Waals surface area contributed by atoms with Gasteiger partial charge in [-0.05, 0) is 44.4 Å². The first-order chi connectivity index (χ1) is 12.1. The highest BCUT2D eigenvalue weighted by Crippen LogP contribution is 2.36. The van der Waals surface area contributed by atoms with Crippen LogP contribution in [0.5, 0.6) is 0 Å². The second-order valence-corrected chi connectivity index (χ2v) is 8.55. The zero-order valence-electron chi connectivity index (χ0n) is 16.1. The van der Waals surface area contributed by atoms with E-state index < -0.39 is 12.0 Å². The second kappa shape index (κ2) is 7.91. The topological polar surface area (TPSA) is 67.4 Å². The number of carbonyl (C=O) groups excluding carboxylic acids is 2. The summed E-state index contributed by atoms with van der Waals surface area (Å²) < 4.78 is 5.32. The molecular weight excluding hydrogens is 348 g/mol. The Balaban J connectivity index is 2.22. The summed E-state index contributed by atoms with van der Waals surface area (Å²) in [6.07, 6.45) is -0.225. The highest BCUT2D eigenvalue weighted by Gasteiger charge is 2.25. The van der Waals surface area contributed by atoms with Crippen LogP contribution in [0.4, 0.5) is 16.2 Å². The molecule has 0 saturated heterocycles. The van der Waals surface area contributed by atoms with Crippen molar-refractivity contribution < 1.29 is 14.3 Å². The van der Waals surface area contributed by atoms with Crippen LogP contribution in [0.2, 0.25) is 0 Å². The average molecular weight is 375 g/mol. The third-order valence-corrected chi connectivity index (χ3v) is 5.10. The Bertz CT molecular complexity index is 786. The lowest BCUT2D eigenvalue weighted by Gasteiger charge is -2.15. The molecule has 1 aromatic carbocycles. The van der Waals surface area contributed by atoms with Gasteiger partial charge in [-0.15, -0.1) is 11.3 Å². The van der Waals surface area contributed by atoms with Crippen LogP contribution in [0.25, 0.3) is 0 Å². The molecular formula is C20H26N2O3S. The van der Waals surface area contributed by atoms with Crippen LogP contribution in [0.15, 0.2) is 30.3 Å². The Kier molecular flexibility index (Phi) is 6.08. The van der Waals surface area contributed by atoms with E-state index in [2.05, 4.69) is 31.4 Å². The van der Waals surface area contributed by atoms with Crippen molar-refractivity contribution in [3.8, 4) is 0 Å². The van der Waals surface area contributed by atoms with Crippen molar-refractivity contribution in [2.45, 2.75) is 53.1 Å². The Morgan fingerprint density at radius 1 is 1.08 bits per heavy atom. The zero-order valence-corrected chi connectivity index (χ0v) is 16.9. The van der Waals surface area contributed by atoms with E-state index >= 15 is 0 Å². The maximum absolute atomic E-state index is 12.4. The summed E-state index contributed by atoms with van der Waals surface area (Å²) in [5, 5.41) is 5.55. The lowest BCUT2D eigenvalue weighted by atomic mass is 9.94. The monoisotopic (exact) mass is 374 g/mol. The Morgan fingerprint density at radius 2 is 1.69 bits per heavy atom. The van der Waals surface area contributed by atoms with Gasteiger partial charge in [0.25, 0.3) is 0 Å². The fourth-order valence-electron chi connectivity index (χ4n) is 2.19. The molecule has 0 saturated carbocycles. The molecule has 6 heteroatoms. The third-order valence-electron chi connectivity index (χ3n) is 3.56. The third kappa shape index (κ3) is 5.33. The Hall–Kier alpha value is -2.34. The second-order valence-electron chi connectivity index (χ2n) is 7.50. The van der Waals surface area contributed by atoms with Gasteiger partial charge in [-0.1, -0.05) is 38.5 Å². The summed E-state index contributed by atoms with van der Waals surface area (Å²) in [5.74, 6) is -0.425. The number of rotatable bonds is 4. The number of carbonyl (C=O) groups is 2. The minimum absolute atomic E-state index is 0.134. The van der Waals surface area contributed by atoms with Crippen molar-refractivity contribution in [2.24, 2.45) is 0 Å². The highest BCUT2D eigenvalue weighted by molar-refractivity contribution is 7.14. The van der Waals surface area contributed by atoms with E-state index in [0.717, 1.165) is 10.4 Å². The lowest BCUT2D eigenvalue weighted by molar-refractivity contribution is 0.0385. The van der Waals surface area contributed by atoms with E-state index in [1.54, 1.807) is 13.8 Å². The van der Waals surface area contributed by atoms with Crippen molar-refractivity contribution >= 4 is 34.7 Å². The predicted octanol–water partition coefficient (Wildman–Crippen LogP) is 5.56. The molecule has 0 aliphatic rings. The molecule has 26 heavy (non-hydrogen) atoms. The van der Waals surface area contributed by atoms with Gasteiger partial charge < -0.3 is 15.4 Å². The molecule has 0 atom stereocenters. The van der Waals surface area contributed by atoms with E-state index in [-0.39, 0.29) is 11.5 Å². The number of urea groups is 1. The van der Waals surface area contributed by atoms with Gasteiger partial charge in [0.15, 0.2) is 0 Å². The Morgan fingerprint density at radius 3 is 2.23 bits per heavy atom. The molecule has 0 aliphatic heterocycles. The average Bonchev–Trinajstić information content (AvgIpc) is 2.93. The molecule has 0 radical (unpaired) electrons. The molecule has 1 aromatic heterocycles. The molecule has 2 aromatic rings. The number of benzene rings is 1. The smallest absolute Gasteiger partial charge is 0.350 e. The minimum atomic E-state index is -0.425. The van der Waals surface area contributed by atoms with E-state index in [4.69, 9.17) is 4.74 Å². The first kappa shape index (κ1) is 20.0. The van der Waals surface area contributed by atoms with Crippen LogP contribution in [0, 0.1) is 6.92 Å². The normalized spacial score (nSPS) is 11.3. The molecule has 5 nitrogen and oxygen atoms in total. The van der Waals surface area contributed by atoms with Crippen LogP contribution in [-0.2, 0) is 10.2 Å². The summed E-state index contributed by atoms with van der Waals surface area (Å²) in [6, 6.07) is 8.95. The van der Waals surface area contributed by atoms with Crippen LogP contribution in [0.3, 0.4) is 0 Å². The number of anilines is 2. The predicted molar refractivity (Wildman–Crippen MR) is 107 cm³/mol. The molecule has 2 amide bonds. The van der Waals surface area contributed by atoms with Crippen LogP contribution in [0.1, 0.15) is 54.7 Å². The molecule has 2 rings (SSSR count). The molecule has 0 spiro atoms. The molecule has 0 unspecified atom stereocenters. The van der Waals surface area contributed by atoms with E-state index in [1.807, 2.05) is 37.3 Å². The number of hydrogen-bond acceptors (Lipinski definition) is 4. The molecule has 0 aliphatic carbocycles. The van der Waals surface area contributed by atoms with Crippen LogP contribution in [-0.4, -0.2) is 18.1 Å². The fourth-order valence-corrected chi connectivity index (χ4v) is 3.25. The van der Waals surface area contributed by atoms with Crippen molar-refractivity contribution in [3.63, 3.8) is 0 Å². The summed E-state index contributed by atoms with van der Waals surface area (Å²) in [4.78, 5) is 26.2. The van der Waals surface area contributed by atoms with Crippen LogP contribution < -0.4 is 10.6 Å². The number of thiophene rings is 1. The van der Waals surface area contributed by atoms with Crippen molar-refractivity contribution in [2.75, 3.05) is 10.6 Å². The van der Waals surface area contributed by atoms with Gasteiger partial charge in [-0.2, -0.15) is 0 Å². The van der Waals surface area contributed by atoms with Crippen LogP contribution >= 0.6 is 11.3 Å². The van der Waals surface area contributed by atoms with E-state index in [0.29, 0.717) is 16.3 Å². The number of ether oxygens (including phenoxy) is 1. The van der Waals surface area contributed by atoms with Crippen molar-refractivity contribution in [3.05, 3.63) is 45.6 Å². The summed E-state index contributed by atoms with van der Waals surface area (Å²) >= 11 is 1.35. The summed E-state index contributed by atoms with van der Waals surface area (Å²) in [7, 11) is 0. The number of esters is 1. The van der Waals surface area contributed by atoms with Gasteiger partial charge in [0.1, 0.15) is 4.88 Å². The van der Waals surface area contributed by atoms with Gasteiger partial charge in [0.05, 0.1) is 11.8 Å². The maximum atomic E-state index is 12.4. The maximum Gasteiger partial charge on any atom is 0.350 e. The number of aryl methyl sites for hydroxylation is 1. The first-order valence-corrected chi connectivity index (χ1v) is 9.38.